The summed E-state index contributed by atoms with van der Waals surface area (Å²) < 4.78 is 22.6. The largest absolute Gasteiger partial charge is 0.477 e. The number of aromatic nitrogens is 1. The molecule has 0 spiro atoms. The first-order chi connectivity index (χ1) is 8.32. The molecule has 2 rings (SSSR count). The van der Waals surface area contributed by atoms with Gasteiger partial charge in [0.05, 0.1) is 5.52 Å². The van der Waals surface area contributed by atoms with Crippen LogP contribution in [0.4, 0.5) is 0 Å². The number of aromatic carboxylic acids is 1. The van der Waals surface area contributed by atoms with Crippen LogP contribution >= 0.6 is 0 Å². The van der Waals surface area contributed by atoms with Gasteiger partial charge in [0.15, 0.2) is 0 Å². The molecular formula is C10H8N2O5S. The Kier molecular flexibility index (Phi) is 2.68. The van der Waals surface area contributed by atoms with E-state index in [2.05, 4.69) is 4.98 Å². The molecule has 4 N–H and O–H groups in total. The van der Waals surface area contributed by atoms with Crippen LogP contribution in [0.1, 0.15) is 10.4 Å². The number of hydrogen-bond donors (Lipinski definition) is 3. The maximum atomic E-state index is 11.8. The summed E-state index contributed by atoms with van der Waals surface area (Å²) in [5, 5.41) is 13.8. The summed E-state index contributed by atoms with van der Waals surface area (Å²) in [7, 11) is -4.00. The molecule has 0 unspecified atom stereocenters. The molecule has 7 nitrogen and oxygen atoms in total. The van der Waals surface area contributed by atoms with Gasteiger partial charge in [-0.25, -0.2) is 18.4 Å². The first-order valence-electron chi connectivity index (χ1n) is 4.73. The number of nitrogens with two attached hydrogens (primary N) is 1. The Morgan fingerprint density at radius 1 is 1.33 bits per heavy atom. The van der Waals surface area contributed by atoms with Crippen molar-refractivity contribution in [1.82, 2.24) is 4.98 Å². The first-order valence-corrected chi connectivity index (χ1v) is 6.27. The number of primary sulfonamides is 1. The quantitative estimate of drug-likeness (QED) is 0.698. The van der Waals surface area contributed by atoms with Gasteiger partial charge in [0.2, 0.25) is 15.5 Å². The van der Waals surface area contributed by atoms with Crippen molar-refractivity contribution >= 4 is 26.9 Å². The van der Waals surface area contributed by atoms with Crippen LogP contribution in [0.5, 0.6) is 0 Å². The third-order valence-corrected chi connectivity index (χ3v) is 3.37. The third-order valence-electron chi connectivity index (χ3n) is 2.41. The number of nitrogens with one attached hydrogen (secondary N) is 1. The lowest BCUT2D eigenvalue weighted by molar-refractivity contribution is 0.0695. The number of H-pyrrole nitrogens is 1. The van der Waals surface area contributed by atoms with E-state index >= 15 is 0 Å². The summed E-state index contributed by atoms with van der Waals surface area (Å²) in [6.45, 7) is 0. The Balaban J connectivity index is 2.97. The number of pyridine rings is 1. The van der Waals surface area contributed by atoms with Crippen molar-refractivity contribution in [3.63, 3.8) is 0 Å². The predicted molar refractivity (Wildman–Crippen MR) is 62.9 cm³/mol. The number of benzene rings is 1. The molecule has 8 heteroatoms. The van der Waals surface area contributed by atoms with E-state index in [0.29, 0.717) is 0 Å². The van der Waals surface area contributed by atoms with E-state index in [1.807, 2.05) is 0 Å². The van der Waals surface area contributed by atoms with Crippen molar-refractivity contribution in [2.75, 3.05) is 0 Å². The van der Waals surface area contributed by atoms with Gasteiger partial charge >= 0.3 is 5.97 Å². The van der Waals surface area contributed by atoms with Crippen molar-refractivity contribution in [1.29, 1.82) is 0 Å². The van der Waals surface area contributed by atoms with Gasteiger partial charge in [-0.2, -0.15) is 0 Å². The normalized spacial score (nSPS) is 11.6. The van der Waals surface area contributed by atoms with Crippen LogP contribution in [0, 0.1) is 0 Å². The van der Waals surface area contributed by atoms with Crippen LogP contribution in [0.2, 0.25) is 0 Å². The van der Waals surface area contributed by atoms with Gasteiger partial charge in [0, 0.05) is 11.6 Å². The van der Waals surface area contributed by atoms with E-state index in [1.165, 1.54) is 18.2 Å². The molecule has 2 aromatic rings. The van der Waals surface area contributed by atoms with Gasteiger partial charge in [0.1, 0.15) is 10.5 Å². The molecule has 0 radical (unpaired) electrons. The number of fused-ring (bicyclic) bond motifs is 1. The average Bonchev–Trinajstić information content (AvgIpc) is 2.27. The van der Waals surface area contributed by atoms with E-state index in [9.17, 15) is 18.0 Å². The van der Waals surface area contributed by atoms with Crippen LogP contribution in [-0.4, -0.2) is 24.5 Å². The number of para-hydroxylation sites is 1. The lowest BCUT2D eigenvalue weighted by Crippen LogP contribution is -2.18. The molecule has 0 bridgehead atoms. The Labute approximate surface area is 101 Å². The molecule has 18 heavy (non-hydrogen) atoms. The molecule has 0 atom stereocenters. The van der Waals surface area contributed by atoms with Crippen LogP contribution in [0.15, 0.2) is 34.1 Å². The monoisotopic (exact) mass is 268 g/mol. The zero-order chi connectivity index (χ0) is 13.5. The standard InChI is InChI=1S/C10H8N2O5S/c11-18(16,17)7-3-1-2-5-8(7)12-4-6(9(5)13)10(14)15/h1-4H,(H,12,13)(H,14,15)(H2,11,16,17). The number of rotatable bonds is 2. The van der Waals surface area contributed by atoms with E-state index in [0.717, 1.165) is 6.20 Å². The van der Waals surface area contributed by atoms with Gasteiger partial charge in [-0.1, -0.05) is 6.07 Å². The zero-order valence-corrected chi connectivity index (χ0v) is 9.69. The fraction of sp³-hybridized carbons (Fsp3) is 0. The lowest BCUT2D eigenvalue weighted by Gasteiger charge is -2.04. The summed E-state index contributed by atoms with van der Waals surface area (Å²) >= 11 is 0. The Morgan fingerprint density at radius 2 is 2.00 bits per heavy atom. The Hall–Kier alpha value is -2.19. The van der Waals surface area contributed by atoms with E-state index in [-0.39, 0.29) is 15.8 Å². The van der Waals surface area contributed by atoms with Crippen LogP contribution in [-0.2, 0) is 10.0 Å². The van der Waals surface area contributed by atoms with Gasteiger partial charge < -0.3 is 10.1 Å². The predicted octanol–water partition coefficient (Wildman–Crippen LogP) is -0.126. The summed E-state index contributed by atoms with van der Waals surface area (Å²) in [6.07, 6.45) is 0.946. The third kappa shape index (κ3) is 1.87. The molecule has 1 aromatic carbocycles. The van der Waals surface area contributed by atoms with Crippen LogP contribution in [0.25, 0.3) is 10.9 Å². The summed E-state index contributed by atoms with van der Waals surface area (Å²) in [5.74, 6) is -1.39. The van der Waals surface area contributed by atoms with Crippen molar-refractivity contribution in [2.24, 2.45) is 5.14 Å². The van der Waals surface area contributed by atoms with Gasteiger partial charge in [0.25, 0.3) is 0 Å². The van der Waals surface area contributed by atoms with E-state index in [1.54, 1.807) is 0 Å². The molecule has 0 fully saturated rings. The SMILES string of the molecule is NS(=O)(=O)c1cccc2c(=O)c(C(=O)O)c[nH]c12. The van der Waals surface area contributed by atoms with Crippen molar-refractivity contribution < 1.29 is 18.3 Å². The molecule has 0 aliphatic carbocycles. The minimum atomic E-state index is -4.00. The lowest BCUT2D eigenvalue weighted by atomic mass is 10.1. The Bertz CT molecular complexity index is 807. The first kappa shape index (κ1) is 12.3. The van der Waals surface area contributed by atoms with E-state index < -0.39 is 27.0 Å². The fourth-order valence-corrected chi connectivity index (χ4v) is 2.34. The molecule has 0 aliphatic rings. The number of aromatic amines is 1. The molecule has 0 saturated heterocycles. The fourth-order valence-electron chi connectivity index (χ4n) is 1.62. The average molecular weight is 268 g/mol. The second-order valence-electron chi connectivity index (χ2n) is 3.56. The van der Waals surface area contributed by atoms with Crippen molar-refractivity contribution in [3.8, 4) is 0 Å². The maximum Gasteiger partial charge on any atom is 0.341 e. The number of carbonyl (C=O) groups is 1. The van der Waals surface area contributed by atoms with Crippen molar-refractivity contribution in [2.45, 2.75) is 4.90 Å². The van der Waals surface area contributed by atoms with E-state index in [4.69, 9.17) is 10.2 Å². The summed E-state index contributed by atoms with van der Waals surface area (Å²) in [4.78, 5) is 24.8. The highest BCUT2D eigenvalue weighted by molar-refractivity contribution is 7.89. The van der Waals surface area contributed by atoms with Crippen molar-refractivity contribution in [3.05, 3.63) is 40.2 Å². The highest BCUT2D eigenvalue weighted by Crippen LogP contribution is 2.17. The van der Waals surface area contributed by atoms with Gasteiger partial charge in [-0.15, -0.1) is 0 Å². The number of carboxylic acid groups (broad SMARTS) is 1. The summed E-state index contributed by atoms with van der Waals surface area (Å²) in [5.41, 5.74) is -1.23. The zero-order valence-electron chi connectivity index (χ0n) is 8.88. The number of hydrogen-bond acceptors (Lipinski definition) is 4. The van der Waals surface area contributed by atoms with Crippen LogP contribution < -0.4 is 10.6 Å². The highest BCUT2D eigenvalue weighted by Gasteiger charge is 2.17. The molecule has 0 amide bonds. The summed E-state index contributed by atoms with van der Waals surface area (Å²) in [6, 6.07) is 3.88. The Morgan fingerprint density at radius 3 is 2.56 bits per heavy atom. The topological polar surface area (TPSA) is 130 Å². The molecule has 0 aliphatic heterocycles. The highest BCUT2D eigenvalue weighted by atomic mass is 32.2. The number of carboxylic acids is 1. The molecule has 0 saturated carbocycles. The number of sulfonamides is 1. The van der Waals surface area contributed by atoms with Gasteiger partial charge in [-0.3, -0.25) is 4.79 Å². The second kappa shape index (κ2) is 3.93. The molecule has 1 heterocycles. The van der Waals surface area contributed by atoms with Crippen LogP contribution in [0.3, 0.4) is 0 Å². The molecule has 1 aromatic heterocycles. The smallest absolute Gasteiger partial charge is 0.341 e. The molecular weight excluding hydrogens is 260 g/mol. The van der Waals surface area contributed by atoms with Gasteiger partial charge in [-0.05, 0) is 12.1 Å². The maximum absolute atomic E-state index is 11.8. The minimum Gasteiger partial charge on any atom is -0.477 e. The minimum absolute atomic E-state index is 0.00463. The second-order valence-corrected chi connectivity index (χ2v) is 5.09. The molecule has 94 valence electrons.